The van der Waals surface area contributed by atoms with Crippen LogP contribution >= 0.6 is 35.3 Å². The molecule has 1 heterocycles. The summed E-state index contributed by atoms with van der Waals surface area (Å²) in [7, 11) is 3.47. The summed E-state index contributed by atoms with van der Waals surface area (Å²) in [5, 5.41) is 7.82. The molecule has 5 nitrogen and oxygen atoms in total. The number of aliphatic imine (C=N–C) groups is 1. The van der Waals surface area contributed by atoms with Gasteiger partial charge in [0.05, 0.1) is 19.3 Å². The van der Waals surface area contributed by atoms with Gasteiger partial charge in [0.25, 0.3) is 0 Å². The van der Waals surface area contributed by atoms with Crippen molar-refractivity contribution in [3.05, 3.63) is 45.4 Å². The van der Waals surface area contributed by atoms with Crippen molar-refractivity contribution < 1.29 is 4.74 Å². The normalized spacial score (nSPS) is 11.7. The first-order chi connectivity index (χ1) is 11.9. The number of ether oxygens (including phenoxy) is 1. The number of hydrogen-bond donors (Lipinski definition) is 2. The van der Waals surface area contributed by atoms with Crippen molar-refractivity contribution in [2.24, 2.45) is 4.99 Å². The van der Waals surface area contributed by atoms with Crippen molar-refractivity contribution in [2.75, 3.05) is 20.7 Å². The molecular weight excluding hydrogens is 459 g/mol. The van der Waals surface area contributed by atoms with Crippen LogP contribution in [0.1, 0.15) is 35.0 Å². The lowest BCUT2D eigenvalue weighted by molar-refractivity contribution is 0.414. The molecule has 0 aliphatic carbocycles. The summed E-state index contributed by atoms with van der Waals surface area (Å²) in [6.45, 7) is 10.0. The third-order valence-electron chi connectivity index (χ3n) is 4.27. The Morgan fingerprint density at radius 3 is 2.35 bits per heavy atom. The highest BCUT2D eigenvalue weighted by Crippen LogP contribution is 2.24. The molecular formula is C19H29IN4OS. The van der Waals surface area contributed by atoms with E-state index < -0.39 is 0 Å². The molecule has 0 atom stereocenters. The second kappa shape index (κ2) is 10.1. The number of guanidine groups is 1. The fraction of sp³-hybridized carbons (Fsp3) is 0.474. The van der Waals surface area contributed by atoms with E-state index in [1.165, 1.54) is 10.4 Å². The minimum atomic E-state index is -0.0295. The van der Waals surface area contributed by atoms with Gasteiger partial charge < -0.3 is 15.4 Å². The molecule has 0 unspecified atom stereocenters. The summed E-state index contributed by atoms with van der Waals surface area (Å²) in [6, 6.07) is 8.21. The highest BCUT2D eigenvalue weighted by atomic mass is 127. The van der Waals surface area contributed by atoms with Gasteiger partial charge in [-0.3, -0.25) is 4.99 Å². The first kappa shape index (κ1) is 22.7. The Bertz CT molecular complexity index is 706. The van der Waals surface area contributed by atoms with Crippen LogP contribution in [0.4, 0.5) is 0 Å². The molecule has 0 aliphatic heterocycles. The van der Waals surface area contributed by atoms with Crippen LogP contribution in [0.5, 0.6) is 5.75 Å². The van der Waals surface area contributed by atoms with Gasteiger partial charge in [0.1, 0.15) is 10.8 Å². The fourth-order valence-electron chi connectivity index (χ4n) is 2.44. The molecule has 1 aromatic carbocycles. The standard InChI is InChI=1S/C19H28N4OS.HI/c1-13-14(2)25-17(23-13)11-21-18(20-5)22-12-19(3,4)15-7-9-16(24-6)10-8-15;/h7-10H,11-12H2,1-6H3,(H2,20,21,22);1H. The predicted octanol–water partition coefficient (Wildman–Crippen LogP) is 4.03. The summed E-state index contributed by atoms with van der Waals surface area (Å²) in [4.78, 5) is 10.1. The zero-order valence-corrected chi connectivity index (χ0v) is 19.5. The maximum absolute atomic E-state index is 5.23. The van der Waals surface area contributed by atoms with Crippen LogP contribution in [-0.2, 0) is 12.0 Å². The second-order valence-electron chi connectivity index (χ2n) is 6.64. The Hall–Kier alpha value is -1.35. The van der Waals surface area contributed by atoms with Crippen LogP contribution in [0.3, 0.4) is 0 Å². The number of aromatic nitrogens is 1. The number of nitrogens with zero attached hydrogens (tertiary/aromatic N) is 2. The summed E-state index contributed by atoms with van der Waals surface area (Å²) in [5.41, 5.74) is 2.32. The number of halogens is 1. The average Bonchev–Trinajstić information content (AvgIpc) is 2.93. The van der Waals surface area contributed by atoms with Gasteiger partial charge in [0.2, 0.25) is 0 Å². The number of aryl methyl sites for hydroxylation is 2. The van der Waals surface area contributed by atoms with Gasteiger partial charge in [0.15, 0.2) is 5.96 Å². The van der Waals surface area contributed by atoms with E-state index in [9.17, 15) is 0 Å². The molecule has 0 radical (unpaired) electrons. The van der Waals surface area contributed by atoms with Gasteiger partial charge in [-0.2, -0.15) is 0 Å². The van der Waals surface area contributed by atoms with E-state index in [4.69, 9.17) is 4.74 Å². The number of nitrogens with one attached hydrogen (secondary N) is 2. The molecule has 0 saturated carbocycles. The van der Waals surface area contributed by atoms with E-state index in [-0.39, 0.29) is 29.4 Å². The fourth-order valence-corrected chi connectivity index (χ4v) is 3.32. The number of methoxy groups -OCH3 is 1. The maximum Gasteiger partial charge on any atom is 0.191 e. The molecule has 2 rings (SSSR count). The molecule has 2 aromatic rings. The van der Waals surface area contributed by atoms with Crippen molar-refractivity contribution >= 4 is 41.3 Å². The molecule has 0 amide bonds. The lowest BCUT2D eigenvalue weighted by Crippen LogP contribution is -2.43. The van der Waals surface area contributed by atoms with Gasteiger partial charge in [-0.25, -0.2) is 4.98 Å². The maximum atomic E-state index is 5.23. The zero-order valence-electron chi connectivity index (χ0n) is 16.3. The number of rotatable bonds is 6. The number of benzene rings is 1. The molecule has 0 saturated heterocycles. The summed E-state index contributed by atoms with van der Waals surface area (Å²) >= 11 is 1.72. The van der Waals surface area contributed by atoms with Crippen LogP contribution in [-0.4, -0.2) is 31.6 Å². The average molecular weight is 488 g/mol. The molecule has 0 aliphatic rings. The van der Waals surface area contributed by atoms with Gasteiger partial charge in [-0.1, -0.05) is 26.0 Å². The predicted molar refractivity (Wildman–Crippen MR) is 121 cm³/mol. The second-order valence-corrected chi connectivity index (χ2v) is 7.93. The molecule has 0 fully saturated rings. The Labute approximate surface area is 177 Å². The monoisotopic (exact) mass is 488 g/mol. The molecule has 0 spiro atoms. The quantitative estimate of drug-likeness (QED) is 0.366. The first-order valence-electron chi connectivity index (χ1n) is 8.37. The topological polar surface area (TPSA) is 58.5 Å². The van der Waals surface area contributed by atoms with Crippen molar-refractivity contribution in [3.63, 3.8) is 0 Å². The van der Waals surface area contributed by atoms with Crippen molar-refractivity contribution in [1.82, 2.24) is 15.6 Å². The smallest absolute Gasteiger partial charge is 0.191 e. The number of hydrogen-bond acceptors (Lipinski definition) is 4. The first-order valence-corrected chi connectivity index (χ1v) is 9.19. The van der Waals surface area contributed by atoms with Crippen molar-refractivity contribution in [3.8, 4) is 5.75 Å². The minimum Gasteiger partial charge on any atom is -0.497 e. The van der Waals surface area contributed by atoms with E-state index in [0.29, 0.717) is 6.54 Å². The van der Waals surface area contributed by atoms with E-state index in [1.54, 1.807) is 25.5 Å². The van der Waals surface area contributed by atoms with Gasteiger partial charge in [0, 0.05) is 23.9 Å². The third kappa shape index (κ3) is 6.12. The Morgan fingerprint density at radius 1 is 1.19 bits per heavy atom. The van der Waals surface area contributed by atoms with Crippen LogP contribution in [0.15, 0.2) is 29.3 Å². The summed E-state index contributed by atoms with van der Waals surface area (Å²) in [6.07, 6.45) is 0. The third-order valence-corrected chi connectivity index (χ3v) is 5.35. The van der Waals surface area contributed by atoms with E-state index in [0.717, 1.165) is 29.0 Å². The summed E-state index contributed by atoms with van der Waals surface area (Å²) < 4.78 is 5.23. The SMILES string of the molecule is CN=C(NCc1nc(C)c(C)s1)NCC(C)(C)c1ccc(OC)cc1.I. The van der Waals surface area contributed by atoms with E-state index in [2.05, 4.69) is 53.5 Å². The van der Waals surface area contributed by atoms with Gasteiger partial charge in [-0.05, 0) is 31.5 Å². The van der Waals surface area contributed by atoms with Gasteiger partial charge in [-0.15, -0.1) is 35.3 Å². The van der Waals surface area contributed by atoms with E-state index in [1.807, 2.05) is 19.1 Å². The van der Waals surface area contributed by atoms with Crippen molar-refractivity contribution in [1.29, 1.82) is 0 Å². The molecule has 2 N–H and O–H groups in total. The van der Waals surface area contributed by atoms with Crippen LogP contribution in [0.25, 0.3) is 0 Å². The minimum absolute atomic E-state index is 0. The Balaban J connectivity index is 0.00000338. The Morgan fingerprint density at radius 2 is 1.85 bits per heavy atom. The molecule has 144 valence electrons. The zero-order chi connectivity index (χ0) is 18.4. The van der Waals surface area contributed by atoms with E-state index >= 15 is 0 Å². The van der Waals surface area contributed by atoms with Crippen LogP contribution in [0, 0.1) is 13.8 Å². The molecule has 26 heavy (non-hydrogen) atoms. The highest BCUT2D eigenvalue weighted by Gasteiger charge is 2.21. The Kier molecular flexibility index (Phi) is 8.82. The van der Waals surface area contributed by atoms with Crippen LogP contribution in [0.2, 0.25) is 0 Å². The molecule has 1 aromatic heterocycles. The lowest BCUT2D eigenvalue weighted by Gasteiger charge is -2.27. The molecule has 0 bridgehead atoms. The summed E-state index contributed by atoms with van der Waals surface area (Å²) in [5.74, 6) is 1.66. The number of thiazole rings is 1. The lowest BCUT2D eigenvalue weighted by atomic mass is 9.84. The van der Waals surface area contributed by atoms with Crippen LogP contribution < -0.4 is 15.4 Å². The van der Waals surface area contributed by atoms with Crippen molar-refractivity contribution in [2.45, 2.75) is 39.7 Å². The highest BCUT2D eigenvalue weighted by molar-refractivity contribution is 14.0. The largest absolute Gasteiger partial charge is 0.497 e. The van der Waals surface area contributed by atoms with Gasteiger partial charge >= 0.3 is 0 Å². The molecule has 7 heteroatoms.